The first-order chi connectivity index (χ1) is 11.5. The molecular formula is C19H25N3O2. The summed E-state index contributed by atoms with van der Waals surface area (Å²) in [5.74, 6) is -0.0824. The second kappa shape index (κ2) is 7.28. The van der Waals surface area contributed by atoms with E-state index in [-0.39, 0.29) is 12.0 Å². The van der Waals surface area contributed by atoms with Crippen molar-refractivity contribution in [1.29, 1.82) is 0 Å². The number of benzene rings is 1. The highest BCUT2D eigenvalue weighted by Gasteiger charge is 2.17. The van der Waals surface area contributed by atoms with Gasteiger partial charge in [-0.15, -0.1) is 0 Å². The van der Waals surface area contributed by atoms with Crippen LogP contribution in [0.4, 0.5) is 0 Å². The molecule has 0 bridgehead atoms. The smallest absolute Gasteiger partial charge is 0.253 e. The number of aryl methyl sites for hydroxylation is 2. The zero-order valence-electron chi connectivity index (χ0n) is 14.4. The number of fused-ring (bicyclic) bond motifs is 1. The number of piperidine rings is 1. The molecule has 128 valence electrons. The summed E-state index contributed by atoms with van der Waals surface area (Å²) in [5.41, 5.74) is 3.45. The fraction of sp³-hybridized carbons (Fsp3) is 0.474. The van der Waals surface area contributed by atoms with Gasteiger partial charge in [-0.25, -0.2) is 0 Å². The number of aliphatic hydroxyl groups is 1. The van der Waals surface area contributed by atoms with E-state index in [0.717, 1.165) is 48.1 Å². The van der Waals surface area contributed by atoms with E-state index in [0.29, 0.717) is 18.7 Å². The lowest BCUT2D eigenvalue weighted by molar-refractivity contribution is 0.0703. The van der Waals surface area contributed by atoms with Crippen LogP contribution in [-0.4, -0.2) is 53.2 Å². The van der Waals surface area contributed by atoms with Crippen LogP contribution in [0.1, 0.15) is 34.5 Å². The number of carbonyl (C=O) groups excluding carboxylic acids is 1. The van der Waals surface area contributed by atoms with E-state index in [2.05, 4.69) is 15.2 Å². The first-order valence-corrected chi connectivity index (χ1v) is 8.59. The van der Waals surface area contributed by atoms with Gasteiger partial charge < -0.3 is 10.4 Å². The van der Waals surface area contributed by atoms with Crippen LogP contribution in [0.25, 0.3) is 10.9 Å². The van der Waals surface area contributed by atoms with Gasteiger partial charge >= 0.3 is 0 Å². The van der Waals surface area contributed by atoms with Gasteiger partial charge in [0.1, 0.15) is 0 Å². The number of hydrogen-bond donors (Lipinski definition) is 2. The van der Waals surface area contributed by atoms with E-state index < -0.39 is 0 Å². The fourth-order valence-electron chi connectivity index (χ4n) is 3.28. The Bertz CT molecular complexity index is 745. The molecule has 24 heavy (non-hydrogen) atoms. The second-order valence-corrected chi connectivity index (χ2v) is 6.67. The average molecular weight is 327 g/mol. The van der Waals surface area contributed by atoms with Crippen molar-refractivity contribution in [3.05, 3.63) is 41.1 Å². The van der Waals surface area contributed by atoms with Crippen LogP contribution in [0.3, 0.4) is 0 Å². The molecule has 2 heterocycles. The monoisotopic (exact) mass is 327 g/mol. The quantitative estimate of drug-likeness (QED) is 0.902. The zero-order chi connectivity index (χ0) is 17.1. The number of β-amino-alcohol motifs (C(OH)–C–C–N with tert-alkyl or cyclic N) is 1. The third kappa shape index (κ3) is 3.91. The molecule has 0 radical (unpaired) electrons. The molecule has 5 heteroatoms. The molecule has 2 N–H and O–H groups in total. The van der Waals surface area contributed by atoms with E-state index in [4.69, 9.17) is 0 Å². The van der Waals surface area contributed by atoms with Crippen LogP contribution < -0.4 is 5.32 Å². The highest BCUT2D eigenvalue weighted by atomic mass is 16.3. The Morgan fingerprint density at radius 1 is 1.38 bits per heavy atom. The minimum absolute atomic E-state index is 0.0824. The Morgan fingerprint density at radius 2 is 2.21 bits per heavy atom. The van der Waals surface area contributed by atoms with Crippen molar-refractivity contribution in [2.75, 3.05) is 26.2 Å². The molecule has 1 aliphatic rings. The fourth-order valence-corrected chi connectivity index (χ4v) is 3.28. The number of pyridine rings is 1. The first kappa shape index (κ1) is 16.9. The van der Waals surface area contributed by atoms with Gasteiger partial charge in [0.25, 0.3) is 5.91 Å². The molecule has 3 rings (SSSR count). The summed E-state index contributed by atoms with van der Waals surface area (Å²) in [6.07, 6.45) is 1.66. The number of carbonyl (C=O) groups is 1. The van der Waals surface area contributed by atoms with Crippen molar-refractivity contribution >= 4 is 16.8 Å². The summed E-state index contributed by atoms with van der Waals surface area (Å²) in [6, 6.07) is 7.99. The van der Waals surface area contributed by atoms with Crippen LogP contribution in [0.5, 0.6) is 0 Å². The van der Waals surface area contributed by atoms with Gasteiger partial charge in [0.15, 0.2) is 0 Å². The number of nitrogens with one attached hydrogen (secondary N) is 1. The summed E-state index contributed by atoms with van der Waals surface area (Å²) in [4.78, 5) is 19.2. The van der Waals surface area contributed by atoms with Gasteiger partial charge in [-0.1, -0.05) is 11.6 Å². The van der Waals surface area contributed by atoms with E-state index in [9.17, 15) is 9.90 Å². The molecule has 0 saturated carbocycles. The minimum Gasteiger partial charge on any atom is -0.392 e. The maximum absolute atomic E-state index is 12.5. The molecule has 2 aromatic rings. The summed E-state index contributed by atoms with van der Waals surface area (Å²) < 4.78 is 0. The third-order valence-electron chi connectivity index (χ3n) is 4.60. The normalized spacial score (nSPS) is 18.7. The van der Waals surface area contributed by atoms with Crippen LogP contribution >= 0.6 is 0 Å². The predicted molar refractivity (Wildman–Crippen MR) is 95.2 cm³/mol. The van der Waals surface area contributed by atoms with Gasteiger partial charge in [-0.3, -0.25) is 14.7 Å². The van der Waals surface area contributed by atoms with Gasteiger partial charge in [0, 0.05) is 25.0 Å². The number of hydrogen-bond acceptors (Lipinski definition) is 4. The Labute approximate surface area is 142 Å². The summed E-state index contributed by atoms with van der Waals surface area (Å²) in [7, 11) is 0. The lowest BCUT2D eigenvalue weighted by atomic mass is 10.1. The molecule has 1 amide bonds. The average Bonchev–Trinajstić information content (AvgIpc) is 2.54. The van der Waals surface area contributed by atoms with Crippen LogP contribution in [0.2, 0.25) is 0 Å². The summed E-state index contributed by atoms with van der Waals surface area (Å²) in [5, 5.41) is 13.7. The van der Waals surface area contributed by atoms with Crippen molar-refractivity contribution in [2.45, 2.75) is 32.8 Å². The van der Waals surface area contributed by atoms with Crippen LogP contribution in [0, 0.1) is 13.8 Å². The molecule has 0 spiro atoms. The number of aromatic nitrogens is 1. The molecule has 1 aliphatic heterocycles. The van der Waals surface area contributed by atoms with Gasteiger partial charge in [0.05, 0.1) is 22.9 Å². The Kier molecular flexibility index (Phi) is 5.11. The highest BCUT2D eigenvalue weighted by molar-refractivity contribution is 5.98. The Morgan fingerprint density at radius 3 is 3.00 bits per heavy atom. The first-order valence-electron chi connectivity index (χ1n) is 8.59. The highest BCUT2D eigenvalue weighted by Crippen LogP contribution is 2.18. The van der Waals surface area contributed by atoms with Gasteiger partial charge in [-0.2, -0.15) is 0 Å². The molecule has 1 aromatic heterocycles. The standard InChI is InChI=1S/C19H25N3O2/c1-13-5-6-18-15(10-13)11-17(14(2)21-18)19(24)20-7-9-22-8-3-4-16(23)12-22/h5-6,10-11,16,23H,3-4,7-9,12H2,1-2H3,(H,20,24)/t16-/m0/s1. The lowest BCUT2D eigenvalue weighted by Crippen LogP contribution is -2.42. The van der Waals surface area contributed by atoms with Crippen LogP contribution in [-0.2, 0) is 0 Å². The largest absolute Gasteiger partial charge is 0.392 e. The van der Waals surface area contributed by atoms with Crippen LogP contribution in [0.15, 0.2) is 24.3 Å². The van der Waals surface area contributed by atoms with E-state index >= 15 is 0 Å². The van der Waals surface area contributed by atoms with Crippen molar-refractivity contribution in [1.82, 2.24) is 15.2 Å². The molecule has 0 aliphatic carbocycles. The predicted octanol–water partition coefficient (Wildman–Crippen LogP) is 2.04. The maximum Gasteiger partial charge on any atom is 0.253 e. The van der Waals surface area contributed by atoms with Crippen molar-refractivity contribution in [2.24, 2.45) is 0 Å². The number of amides is 1. The Balaban J connectivity index is 1.64. The van der Waals surface area contributed by atoms with Crippen molar-refractivity contribution in [3.63, 3.8) is 0 Å². The van der Waals surface area contributed by atoms with Crippen molar-refractivity contribution in [3.8, 4) is 0 Å². The molecule has 0 unspecified atom stereocenters. The molecule has 1 atom stereocenters. The van der Waals surface area contributed by atoms with E-state index in [1.54, 1.807) is 0 Å². The molecule has 1 aromatic carbocycles. The van der Waals surface area contributed by atoms with Crippen molar-refractivity contribution < 1.29 is 9.90 Å². The molecular weight excluding hydrogens is 302 g/mol. The topological polar surface area (TPSA) is 65.5 Å². The zero-order valence-corrected chi connectivity index (χ0v) is 14.4. The van der Waals surface area contributed by atoms with E-state index in [1.807, 2.05) is 38.1 Å². The van der Waals surface area contributed by atoms with E-state index in [1.165, 1.54) is 0 Å². The number of nitrogens with zero attached hydrogens (tertiary/aromatic N) is 2. The lowest BCUT2D eigenvalue weighted by Gasteiger charge is -2.29. The van der Waals surface area contributed by atoms with Gasteiger partial charge in [-0.05, 0) is 51.4 Å². The summed E-state index contributed by atoms with van der Waals surface area (Å²) in [6.45, 7) is 6.94. The molecule has 1 saturated heterocycles. The van der Waals surface area contributed by atoms with Gasteiger partial charge in [0.2, 0.25) is 0 Å². The number of likely N-dealkylation sites (tertiary alicyclic amines) is 1. The Hall–Kier alpha value is -1.98. The molecule has 1 fully saturated rings. The SMILES string of the molecule is Cc1ccc2nc(C)c(C(=O)NCCN3CCC[C@H](O)C3)cc2c1. The maximum atomic E-state index is 12.5. The number of rotatable bonds is 4. The molecule has 5 nitrogen and oxygen atoms in total. The third-order valence-corrected chi connectivity index (χ3v) is 4.60. The number of aliphatic hydroxyl groups excluding tert-OH is 1. The second-order valence-electron chi connectivity index (χ2n) is 6.67. The summed E-state index contributed by atoms with van der Waals surface area (Å²) >= 11 is 0. The minimum atomic E-state index is -0.232.